The van der Waals surface area contributed by atoms with E-state index in [0.717, 1.165) is 10.3 Å². The number of para-hydroxylation sites is 2. The van der Waals surface area contributed by atoms with Crippen LogP contribution in [0.4, 0.5) is 8.78 Å². The number of hydrogen-bond acceptors (Lipinski definition) is 3. The molecule has 3 aromatic rings. The summed E-state index contributed by atoms with van der Waals surface area (Å²) in [4.78, 5) is 6.36. The highest BCUT2D eigenvalue weighted by Crippen LogP contribution is 2.28. The van der Waals surface area contributed by atoms with E-state index < -0.39 is 6.55 Å². The predicted molar refractivity (Wildman–Crippen MR) is 99.0 cm³/mol. The van der Waals surface area contributed by atoms with Crippen LogP contribution in [0.5, 0.6) is 5.75 Å². The van der Waals surface area contributed by atoms with Crippen LogP contribution in [0.1, 0.15) is 25.3 Å². The lowest BCUT2D eigenvalue weighted by Crippen LogP contribution is -2.29. The van der Waals surface area contributed by atoms with Crippen LogP contribution in [0.2, 0.25) is 5.02 Å². The van der Waals surface area contributed by atoms with Gasteiger partial charge in [-0.1, -0.05) is 23.7 Å². The molecule has 138 valence electrons. The van der Waals surface area contributed by atoms with Crippen molar-refractivity contribution in [1.82, 2.24) is 14.5 Å². The van der Waals surface area contributed by atoms with Crippen molar-refractivity contribution in [3.63, 3.8) is 0 Å². The highest BCUT2D eigenvalue weighted by molar-refractivity contribution is 6.30. The monoisotopic (exact) mass is 379 g/mol. The molecule has 0 saturated carbocycles. The normalized spacial score (nSPS) is 12.9. The number of aromatic nitrogens is 2. The molecule has 0 aliphatic heterocycles. The molecule has 0 spiro atoms. The molecule has 2 aromatic carbocycles. The molecule has 0 N–H and O–H groups in total. The Balaban J connectivity index is 1.70. The second-order valence-corrected chi connectivity index (χ2v) is 6.50. The lowest BCUT2D eigenvalue weighted by molar-refractivity contribution is 0.0654. The van der Waals surface area contributed by atoms with Crippen LogP contribution in [0, 0.1) is 0 Å². The third-order valence-corrected chi connectivity index (χ3v) is 4.63. The number of likely N-dealkylation sites (N-methyl/N-ethyl adjacent to an activating group) is 1. The van der Waals surface area contributed by atoms with E-state index in [9.17, 15) is 8.78 Å². The molecule has 1 aromatic heterocycles. The molecule has 0 bridgehead atoms. The van der Waals surface area contributed by atoms with Crippen molar-refractivity contribution in [2.45, 2.75) is 19.5 Å². The maximum Gasteiger partial charge on any atom is 0.320 e. The van der Waals surface area contributed by atoms with Crippen molar-refractivity contribution in [1.29, 1.82) is 0 Å². The number of imidazole rings is 1. The van der Waals surface area contributed by atoms with Gasteiger partial charge in [0.25, 0.3) is 0 Å². The summed E-state index contributed by atoms with van der Waals surface area (Å²) >= 11 is 5.85. The fourth-order valence-corrected chi connectivity index (χ4v) is 2.92. The number of hydrogen-bond donors (Lipinski definition) is 0. The van der Waals surface area contributed by atoms with E-state index in [4.69, 9.17) is 16.3 Å². The second kappa shape index (κ2) is 8.01. The Morgan fingerprint density at radius 3 is 2.54 bits per heavy atom. The van der Waals surface area contributed by atoms with Gasteiger partial charge in [0, 0.05) is 11.6 Å². The summed E-state index contributed by atoms with van der Waals surface area (Å²) in [6.45, 7) is 0.217. The fraction of sp³-hybridized carbons (Fsp3) is 0.316. The first-order valence-corrected chi connectivity index (χ1v) is 8.69. The number of benzene rings is 2. The topological polar surface area (TPSA) is 30.3 Å². The number of nitrogens with zero attached hydrogens (tertiary/aromatic N) is 3. The van der Waals surface area contributed by atoms with E-state index in [-0.39, 0.29) is 6.04 Å². The Bertz CT molecular complexity index is 867. The molecule has 26 heavy (non-hydrogen) atoms. The zero-order chi connectivity index (χ0) is 18.7. The van der Waals surface area contributed by atoms with Crippen LogP contribution in [0.3, 0.4) is 0 Å². The van der Waals surface area contributed by atoms with Gasteiger partial charge in [-0.15, -0.1) is 0 Å². The molecule has 7 heteroatoms. The van der Waals surface area contributed by atoms with E-state index in [1.54, 1.807) is 48.5 Å². The minimum Gasteiger partial charge on any atom is -0.492 e. The summed E-state index contributed by atoms with van der Waals surface area (Å²) in [6.07, 6.45) is 0. The molecule has 3 rings (SSSR count). The molecule has 0 amide bonds. The molecular weight excluding hydrogens is 360 g/mol. The van der Waals surface area contributed by atoms with Crippen molar-refractivity contribution in [3.8, 4) is 5.75 Å². The third kappa shape index (κ3) is 3.97. The Labute approximate surface area is 156 Å². The van der Waals surface area contributed by atoms with Gasteiger partial charge in [0.1, 0.15) is 18.2 Å². The Kier molecular flexibility index (Phi) is 5.74. The van der Waals surface area contributed by atoms with Crippen LogP contribution >= 0.6 is 11.6 Å². The summed E-state index contributed by atoms with van der Waals surface area (Å²) in [5.74, 6) is 1.06. The summed E-state index contributed by atoms with van der Waals surface area (Å²) in [6, 6.07) is 13.8. The molecule has 1 heterocycles. The first-order chi connectivity index (χ1) is 12.5. The van der Waals surface area contributed by atoms with E-state index in [1.165, 1.54) is 0 Å². The smallest absolute Gasteiger partial charge is 0.320 e. The third-order valence-electron chi connectivity index (χ3n) is 4.38. The predicted octanol–water partition coefficient (Wildman–Crippen LogP) is 5.16. The summed E-state index contributed by atoms with van der Waals surface area (Å²) < 4.78 is 33.9. The molecule has 0 aliphatic carbocycles. The van der Waals surface area contributed by atoms with Gasteiger partial charge >= 0.3 is 6.55 Å². The number of fused-ring (bicyclic) bond motifs is 1. The van der Waals surface area contributed by atoms with Gasteiger partial charge in [-0.2, -0.15) is 8.78 Å². The van der Waals surface area contributed by atoms with Crippen molar-refractivity contribution >= 4 is 22.6 Å². The molecule has 0 fully saturated rings. The first kappa shape index (κ1) is 18.6. The zero-order valence-corrected chi connectivity index (χ0v) is 15.3. The lowest BCUT2D eigenvalue weighted by atomic mass is 10.3. The van der Waals surface area contributed by atoms with Crippen LogP contribution < -0.4 is 4.74 Å². The van der Waals surface area contributed by atoms with Gasteiger partial charge in [0.2, 0.25) is 0 Å². The minimum atomic E-state index is -2.64. The lowest BCUT2D eigenvalue weighted by Gasteiger charge is -2.25. The zero-order valence-electron chi connectivity index (χ0n) is 14.6. The van der Waals surface area contributed by atoms with Gasteiger partial charge in [0.05, 0.1) is 17.1 Å². The first-order valence-electron chi connectivity index (χ1n) is 8.31. The van der Waals surface area contributed by atoms with Gasteiger partial charge in [-0.3, -0.25) is 9.47 Å². The van der Waals surface area contributed by atoms with Crippen molar-refractivity contribution in [2.24, 2.45) is 0 Å². The Morgan fingerprint density at radius 2 is 1.85 bits per heavy atom. The maximum absolute atomic E-state index is 13.6. The number of ether oxygens (including phenoxy) is 1. The fourth-order valence-electron chi connectivity index (χ4n) is 2.79. The molecule has 0 radical (unpaired) electrons. The van der Waals surface area contributed by atoms with Crippen LogP contribution in [0.15, 0.2) is 48.5 Å². The van der Waals surface area contributed by atoms with Crippen molar-refractivity contribution < 1.29 is 13.5 Å². The highest BCUT2D eigenvalue weighted by atomic mass is 35.5. The molecular formula is C19H20ClF2N3O. The van der Waals surface area contributed by atoms with Crippen molar-refractivity contribution in [2.75, 3.05) is 20.2 Å². The molecule has 0 aliphatic rings. The summed E-state index contributed by atoms with van der Waals surface area (Å²) in [5.41, 5.74) is 1.01. The van der Waals surface area contributed by atoms with Gasteiger partial charge in [-0.05, 0) is 50.4 Å². The van der Waals surface area contributed by atoms with E-state index in [1.807, 2.05) is 18.9 Å². The number of alkyl halides is 2. The van der Waals surface area contributed by atoms with Crippen LogP contribution in [0.25, 0.3) is 11.0 Å². The molecule has 0 saturated heterocycles. The van der Waals surface area contributed by atoms with Crippen LogP contribution in [-0.4, -0.2) is 34.7 Å². The summed E-state index contributed by atoms with van der Waals surface area (Å²) in [7, 11) is 1.87. The summed E-state index contributed by atoms with van der Waals surface area (Å²) in [5, 5.41) is 0.647. The van der Waals surface area contributed by atoms with E-state index in [0.29, 0.717) is 35.0 Å². The minimum absolute atomic E-state index is 0.287. The van der Waals surface area contributed by atoms with E-state index in [2.05, 4.69) is 4.98 Å². The highest BCUT2D eigenvalue weighted by Gasteiger charge is 2.24. The Morgan fingerprint density at radius 1 is 1.15 bits per heavy atom. The number of halogens is 3. The average Bonchev–Trinajstić information content (AvgIpc) is 3.02. The molecule has 1 atom stereocenters. The van der Waals surface area contributed by atoms with E-state index >= 15 is 0 Å². The largest absolute Gasteiger partial charge is 0.492 e. The second-order valence-electron chi connectivity index (χ2n) is 6.07. The van der Waals surface area contributed by atoms with Crippen molar-refractivity contribution in [3.05, 3.63) is 59.4 Å². The quantitative estimate of drug-likeness (QED) is 0.568. The van der Waals surface area contributed by atoms with Crippen LogP contribution in [-0.2, 0) is 0 Å². The average molecular weight is 380 g/mol. The van der Waals surface area contributed by atoms with Gasteiger partial charge in [-0.25, -0.2) is 4.98 Å². The molecule has 1 unspecified atom stereocenters. The molecule has 4 nitrogen and oxygen atoms in total. The number of rotatable bonds is 7. The standard InChI is InChI=1S/C19H20ClF2N3O/c1-13(24(2)11-12-26-15-9-7-14(20)8-10-15)18-23-16-5-3-4-6-17(16)25(18)19(21)22/h3-10,13,19H,11-12H2,1-2H3. The van der Waals surface area contributed by atoms with Gasteiger partial charge in [0.15, 0.2) is 0 Å². The van der Waals surface area contributed by atoms with Gasteiger partial charge < -0.3 is 4.74 Å². The SMILES string of the molecule is CC(c1nc2ccccc2n1C(F)F)N(C)CCOc1ccc(Cl)cc1. The maximum atomic E-state index is 13.6. The Hall–Kier alpha value is -2.18.